The van der Waals surface area contributed by atoms with Gasteiger partial charge in [-0.1, -0.05) is 6.07 Å². The Balaban J connectivity index is 1.99. The van der Waals surface area contributed by atoms with Crippen molar-refractivity contribution in [2.24, 2.45) is 10.7 Å². The van der Waals surface area contributed by atoms with Crippen LogP contribution in [0.15, 0.2) is 33.2 Å². The second-order valence-electron chi connectivity index (χ2n) is 5.20. The number of guanidine groups is 1. The fourth-order valence-corrected chi connectivity index (χ4v) is 2.14. The number of nitrogens with two attached hydrogens (primary N) is 1. The summed E-state index contributed by atoms with van der Waals surface area (Å²) in [5, 5.41) is 5.08. The number of nitrogens with zero attached hydrogens (tertiary/aromatic N) is 2. The van der Waals surface area contributed by atoms with Crippen molar-refractivity contribution in [2.45, 2.75) is 32.9 Å². The van der Waals surface area contributed by atoms with Crippen LogP contribution in [0.4, 0.5) is 0 Å². The Labute approximate surface area is 116 Å². The molecule has 6 heteroatoms. The lowest BCUT2D eigenvalue weighted by atomic mass is 10.1. The third-order valence-electron chi connectivity index (χ3n) is 2.20. The Morgan fingerprint density at radius 3 is 2.95 bits per heavy atom. The zero-order valence-corrected chi connectivity index (χ0v) is 12.1. The topological polar surface area (TPSA) is 76.4 Å². The van der Waals surface area contributed by atoms with Crippen molar-refractivity contribution in [2.75, 3.05) is 0 Å². The van der Waals surface area contributed by atoms with E-state index in [4.69, 9.17) is 10.2 Å². The van der Waals surface area contributed by atoms with E-state index in [0.29, 0.717) is 18.4 Å². The van der Waals surface area contributed by atoms with Crippen molar-refractivity contribution in [1.29, 1.82) is 0 Å². The molecule has 2 aromatic rings. The molecule has 0 aliphatic rings. The molecule has 2 heterocycles. The smallest absolute Gasteiger partial charge is 0.236 e. The molecule has 0 spiro atoms. The largest absolute Gasteiger partial charge is 0.443 e. The molecule has 0 saturated heterocycles. The normalized spacial score (nSPS) is 12.7. The van der Waals surface area contributed by atoms with Gasteiger partial charge in [0, 0.05) is 5.54 Å². The van der Waals surface area contributed by atoms with Gasteiger partial charge in [-0.2, -0.15) is 0 Å². The monoisotopic (exact) mass is 278 g/mol. The van der Waals surface area contributed by atoms with Crippen molar-refractivity contribution in [3.63, 3.8) is 0 Å². The number of rotatable bonds is 3. The second kappa shape index (κ2) is 5.44. The molecule has 0 unspecified atom stereocenters. The number of oxazole rings is 1. The van der Waals surface area contributed by atoms with Gasteiger partial charge in [0.2, 0.25) is 5.89 Å². The van der Waals surface area contributed by atoms with E-state index in [1.165, 1.54) is 0 Å². The highest BCUT2D eigenvalue weighted by Crippen LogP contribution is 2.23. The summed E-state index contributed by atoms with van der Waals surface area (Å²) in [7, 11) is 0. The van der Waals surface area contributed by atoms with Gasteiger partial charge < -0.3 is 15.5 Å². The molecule has 0 saturated carbocycles. The fraction of sp³-hybridized carbons (Fsp3) is 0.385. The van der Waals surface area contributed by atoms with Gasteiger partial charge in [-0.05, 0) is 32.2 Å². The summed E-state index contributed by atoms with van der Waals surface area (Å²) in [5.74, 6) is 1.04. The summed E-state index contributed by atoms with van der Waals surface area (Å²) in [6.07, 6.45) is 1.61. The van der Waals surface area contributed by atoms with E-state index in [1.807, 2.05) is 38.3 Å². The Bertz CT molecular complexity index is 551. The molecule has 0 amide bonds. The van der Waals surface area contributed by atoms with Gasteiger partial charge in [-0.25, -0.2) is 9.98 Å². The summed E-state index contributed by atoms with van der Waals surface area (Å²) in [4.78, 5) is 9.62. The minimum Gasteiger partial charge on any atom is -0.443 e. The Morgan fingerprint density at radius 2 is 2.32 bits per heavy atom. The van der Waals surface area contributed by atoms with Crippen LogP contribution in [0.1, 0.15) is 26.5 Å². The van der Waals surface area contributed by atoms with Crippen LogP contribution in [0.2, 0.25) is 0 Å². The number of hydrogen-bond acceptors (Lipinski definition) is 4. The lowest BCUT2D eigenvalue weighted by Gasteiger charge is -2.20. The quantitative estimate of drug-likeness (QED) is 0.668. The highest BCUT2D eigenvalue weighted by Gasteiger charge is 2.10. The zero-order chi connectivity index (χ0) is 13.9. The molecular formula is C13H18N4OS. The van der Waals surface area contributed by atoms with E-state index in [9.17, 15) is 0 Å². The van der Waals surface area contributed by atoms with Gasteiger partial charge in [-0.15, -0.1) is 11.3 Å². The van der Waals surface area contributed by atoms with Crippen molar-refractivity contribution < 1.29 is 4.42 Å². The van der Waals surface area contributed by atoms with Crippen LogP contribution in [0.5, 0.6) is 0 Å². The Hall–Kier alpha value is -1.82. The minimum atomic E-state index is -0.0977. The third-order valence-corrected chi connectivity index (χ3v) is 3.06. The summed E-state index contributed by atoms with van der Waals surface area (Å²) in [5.41, 5.74) is 6.46. The summed E-state index contributed by atoms with van der Waals surface area (Å²) in [6, 6.07) is 3.94. The predicted octanol–water partition coefficient (Wildman–Crippen LogP) is 2.61. The third kappa shape index (κ3) is 4.10. The maximum Gasteiger partial charge on any atom is 0.236 e. The van der Waals surface area contributed by atoms with Crippen LogP contribution in [-0.4, -0.2) is 16.5 Å². The molecule has 0 fully saturated rings. The number of hydrogen-bond donors (Lipinski definition) is 2. The molecule has 3 N–H and O–H groups in total. The van der Waals surface area contributed by atoms with Crippen LogP contribution in [0.3, 0.4) is 0 Å². The summed E-state index contributed by atoms with van der Waals surface area (Å²) < 4.78 is 5.41. The SMILES string of the molecule is CC(C)(C)NC(N)=NCc1coc(-c2cccs2)n1. The van der Waals surface area contributed by atoms with E-state index in [1.54, 1.807) is 17.6 Å². The maximum atomic E-state index is 5.79. The summed E-state index contributed by atoms with van der Waals surface area (Å²) in [6.45, 7) is 6.49. The molecule has 0 bridgehead atoms. The van der Waals surface area contributed by atoms with Crippen molar-refractivity contribution >= 4 is 17.3 Å². The first kappa shape index (κ1) is 13.6. The standard InChI is InChI=1S/C13H18N4OS/c1-13(2,3)17-12(14)15-7-9-8-18-11(16-9)10-5-4-6-19-10/h4-6,8H,7H2,1-3H3,(H3,14,15,17). The maximum absolute atomic E-state index is 5.79. The van der Waals surface area contributed by atoms with Gasteiger partial charge in [0.1, 0.15) is 12.0 Å². The molecule has 0 aliphatic heterocycles. The molecule has 19 heavy (non-hydrogen) atoms. The first-order chi connectivity index (χ1) is 8.94. The van der Waals surface area contributed by atoms with Crippen LogP contribution < -0.4 is 11.1 Å². The van der Waals surface area contributed by atoms with Gasteiger partial charge in [0.15, 0.2) is 5.96 Å². The molecular weight excluding hydrogens is 260 g/mol. The number of nitrogens with one attached hydrogen (secondary N) is 1. The van der Waals surface area contributed by atoms with E-state index in [0.717, 1.165) is 10.6 Å². The molecule has 0 radical (unpaired) electrons. The van der Waals surface area contributed by atoms with Crippen LogP contribution >= 0.6 is 11.3 Å². The average Bonchev–Trinajstić information content (AvgIpc) is 2.95. The summed E-state index contributed by atoms with van der Waals surface area (Å²) >= 11 is 1.59. The average molecular weight is 278 g/mol. The molecule has 0 aliphatic carbocycles. The molecule has 0 aromatic carbocycles. The fourth-order valence-electron chi connectivity index (χ4n) is 1.48. The lowest BCUT2D eigenvalue weighted by Crippen LogP contribution is -2.44. The lowest BCUT2D eigenvalue weighted by molar-refractivity contribution is 0.508. The Morgan fingerprint density at radius 1 is 1.53 bits per heavy atom. The Kier molecular flexibility index (Phi) is 3.90. The minimum absolute atomic E-state index is 0.0977. The van der Waals surface area contributed by atoms with E-state index >= 15 is 0 Å². The van der Waals surface area contributed by atoms with Crippen molar-refractivity contribution in [3.8, 4) is 10.8 Å². The zero-order valence-electron chi connectivity index (χ0n) is 11.3. The van der Waals surface area contributed by atoms with Gasteiger partial charge in [0.05, 0.1) is 11.4 Å². The molecule has 5 nitrogen and oxygen atoms in total. The molecule has 102 valence electrons. The number of thiophene rings is 1. The number of aliphatic imine (C=N–C) groups is 1. The van der Waals surface area contributed by atoms with E-state index in [-0.39, 0.29) is 5.54 Å². The van der Waals surface area contributed by atoms with E-state index in [2.05, 4.69) is 15.3 Å². The first-order valence-electron chi connectivity index (χ1n) is 6.00. The molecule has 2 rings (SSSR count). The molecule has 0 atom stereocenters. The van der Waals surface area contributed by atoms with Gasteiger partial charge >= 0.3 is 0 Å². The van der Waals surface area contributed by atoms with Crippen molar-refractivity contribution in [1.82, 2.24) is 10.3 Å². The molecule has 2 aromatic heterocycles. The van der Waals surface area contributed by atoms with Gasteiger partial charge in [-0.3, -0.25) is 0 Å². The highest BCUT2D eigenvalue weighted by atomic mass is 32.1. The predicted molar refractivity (Wildman–Crippen MR) is 78.0 cm³/mol. The van der Waals surface area contributed by atoms with Crippen molar-refractivity contribution in [3.05, 3.63) is 29.5 Å². The van der Waals surface area contributed by atoms with Crippen LogP contribution in [-0.2, 0) is 6.54 Å². The van der Waals surface area contributed by atoms with E-state index < -0.39 is 0 Å². The first-order valence-corrected chi connectivity index (χ1v) is 6.88. The van der Waals surface area contributed by atoms with Crippen LogP contribution in [0, 0.1) is 0 Å². The second-order valence-corrected chi connectivity index (χ2v) is 6.15. The van der Waals surface area contributed by atoms with Gasteiger partial charge in [0.25, 0.3) is 0 Å². The number of aromatic nitrogens is 1. The highest BCUT2D eigenvalue weighted by molar-refractivity contribution is 7.13. The van der Waals surface area contributed by atoms with Crippen LogP contribution in [0.25, 0.3) is 10.8 Å².